The van der Waals surface area contributed by atoms with E-state index >= 15 is 0 Å². The normalized spacial score (nSPS) is 18.4. The van der Waals surface area contributed by atoms with E-state index in [2.05, 4.69) is 31.0 Å². The van der Waals surface area contributed by atoms with Crippen LogP contribution < -0.4 is 14.4 Å². The fourth-order valence-corrected chi connectivity index (χ4v) is 2.38. The maximum absolute atomic E-state index is 5.43. The molecule has 0 bridgehead atoms. The van der Waals surface area contributed by atoms with E-state index in [1.54, 1.807) is 0 Å². The summed E-state index contributed by atoms with van der Waals surface area (Å²) in [5.41, 5.74) is 2.53. The predicted molar refractivity (Wildman–Crippen MR) is 63.3 cm³/mol. The predicted octanol–water partition coefficient (Wildman–Crippen LogP) is 2.71. The molecule has 1 saturated carbocycles. The number of ether oxygens (including phenoxy) is 2. The molecule has 0 N–H and O–H groups in total. The van der Waals surface area contributed by atoms with Gasteiger partial charge in [0.15, 0.2) is 11.5 Å². The number of rotatable bonds is 2. The van der Waals surface area contributed by atoms with Crippen LogP contribution in [-0.4, -0.2) is 19.9 Å². The van der Waals surface area contributed by atoms with Crippen molar-refractivity contribution in [2.24, 2.45) is 0 Å². The third kappa shape index (κ3) is 1.42. The van der Waals surface area contributed by atoms with E-state index in [4.69, 9.17) is 9.47 Å². The molecule has 2 aliphatic rings. The zero-order chi connectivity index (χ0) is 11.1. The summed E-state index contributed by atoms with van der Waals surface area (Å²) in [4.78, 5) is 2.38. The number of hydrogen-bond acceptors (Lipinski definition) is 3. The molecule has 3 heteroatoms. The second kappa shape index (κ2) is 3.58. The SMILES string of the molecule is Cc1cc2c(cc1N(C)C1CCC1)OCO2. The number of benzene rings is 1. The summed E-state index contributed by atoms with van der Waals surface area (Å²) in [5, 5.41) is 0. The highest BCUT2D eigenvalue weighted by Crippen LogP contribution is 2.39. The minimum absolute atomic E-state index is 0.353. The number of hydrogen-bond donors (Lipinski definition) is 0. The van der Waals surface area contributed by atoms with Crippen LogP contribution in [0.2, 0.25) is 0 Å². The van der Waals surface area contributed by atoms with Gasteiger partial charge in [-0.15, -0.1) is 0 Å². The second-order valence-electron chi connectivity index (χ2n) is 4.69. The summed E-state index contributed by atoms with van der Waals surface area (Å²) in [7, 11) is 2.17. The van der Waals surface area contributed by atoms with Crippen LogP contribution in [0.3, 0.4) is 0 Å². The monoisotopic (exact) mass is 219 g/mol. The minimum atomic E-state index is 0.353. The molecular weight excluding hydrogens is 202 g/mol. The van der Waals surface area contributed by atoms with Gasteiger partial charge in [0.2, 0.25) is 6.79 Å². The van der Waals surface area contributed by atoms with Crippen LogP contribution in [0.25, 0.3) is 0 Å². The van der Waals surface area contributed by atoms with Crippen LogP contribution in [0.4, 0.5) is 5.69 Å². The Hall–Kier alpha value is -1.38. The third-order valence-corrected chi connectivity index (χ3v) is 3.69. The van der Waals surface area contributed by atoms with Crippen molar-refractivity contribution < 1.29 is 9.47 Å². The average Bonchev–Trinajstić information content (AvgIpc) is 2.60. The van der Waals surface area contributed by atoms with Crippen LogP contribution in [0.1, 0.15) is 24.8 Å². The van der Waals surface area contributed by atoms with E-state index < -0.39 is 0 Å². The first-order valence-corrected chi connectivity index (χ1v) is 5.89. The molecule has 0 radical (unpaired) electrons. The zero-order valence-electron chi connectivity index (χ0n) is 9.82. The quantitative estimate of drug-likeness (QED) is 0.763. The molecule has 1 heterocycles. The molecule has 1 fully saturated rings. The highest BCUT2D eigenvalue weighted by molar-refractivity contribution is 5.62. The van der Waals surface area contributed by atoms with Gasteiger partial charge in [0.05, 0.1) is 0 Å². The van der Waals surface area contributed by atoms with Gasteiger partial charge in [0.1, 0.15) is 0 Å². The Labute approximate surface area is 96.0 Å². The molecule has 0 atom stereocenters. The van der Waals surface area contributed by atoms with E-state index in [0.29, 0.717) is 12.8 Å². The number of nitrogens with zero attached hydrogens (tertiary/aromatic N) is 1. The summed E-state index contributed by atoms with van der Waals surface area (Å²) in [5.74, 6) is 1.76. The Morgan fingerprint density at radius 1 is 1.19 bits per heavy atom. The lowest BCUT2D eigenvalue weighted by Gasteiger charge is -2.37. The lowest BCUT2D eigenvalue weighted by Crippen LogP contribution is -2.37. The summed E-state index contributed by atoms with van der Waals surface area (Å²) >= 11 is 0. The smallest absolute Gasteiger partial charge is 0.231 e. The Morgan fingerprint density at radius 2 is 1.88 bits per heavy atom. The lowest BCUT2D eigenvalue weighted by atomic mass is 9.91. The van der Waals surface area contributed by atoms with Gasteiger partial charge in [-0.3, -0.25) is 0 Å². The summed E-state index contributed by atoms with van der Waals surface area (Å²) in [6.07, 6.45) is 3.98. The van der Waals surface area contributed by atoms with Crippen molar-refractivity contribution in [3.63, 3.8) is 0 Å². The molecule has 1 aromatic carbocycles. The van der Waals surface area contributed by atoms with Gasteiger partial charge in [-0.25, -0.2) is 0 Å². The van der Waals surface area contributed by atoms with Gasteiger partial charge in [-0.1, -0.05) is 0 Å². The molecule has 1 aromatic rings. The van der Waals surface area contributed by atoms with Gasteiger partial charge in [0.25, 0.3) is 0 Å². The summed E-state index contributed by atoms with van der Waals surface area (Å²) in [6, 6.07) is 4.89. The topological polar surface area (TPSA) is 21.7 Å². The third-order valence-electron chi connectivity index (χ3n) is 3.69. The van der Waals surface area contributed by atoms with Crippen molar-refractivity contribution >= 4 is 5.69 Å². The first kappa shape index (κ1) is 9.82. The largest absolute Gasteiger partial charge is 0.454 e. The van der Waals surface area contributed by atoms with Crippen molar-refractivity contribution in [1.29, 1.82) is 0 Å². The standard InChI is InChI=1S/C13H17NO2/c1-9-6-12-13(16-8-15-12)7-11(9)14(2)10-4-3-5-10/h6-7,10H,3-5,8H2,1-2H3. The molecule has 3 rings (SSSR count). The van der Waals surface area contributed by atoms with E-state index in [9.17, 15) is 0 Å². The van der Waals surface area contributed by atoms with Crippen LogP contribution in [0.5, 0.6) is 11.5 Å². The van der Waals surface area contributed by atoms with Crippen LogP contribution in [-0.2, 0) is 0 Å². The molecule has 16 heavy (non-hydrogen) atoms. The molecule has 3 nitrogen and oxygen atoms in total. The van der Waals surface area contributed by atoms with Gasteiger partial charge >= 0.3 is 0 Å². The Morgan fingerprint density at radius 3 is 2.50 bits per heavy atom. The molecule has 0 unspecified atom stereocenters. The molecule has 0 saturated heterocycles. The number of aryl methyl sites for hydroxylation is 1. The van der Waals surface area contributed by atoms with Gasteiger partial charge < -0.3 is 14.4 Å². The van der Waals surface area contributed by atoms with Crippen molar-refractivity contribution in [3.8, 4) is 11.5 Å². The average molecular weight is 219 g/mol. The molecule has 0 aromatic heterocycles. The zero-order valence-corrected chi connectivity index (χ0v) is 9.82. The van der Waals surface area contributed by atoms with Crippen molar-refractivity contribution in [1.82, 2.24) is 0 Å². The first-order chi connectivity index (χ1) is 7.75. The molecular formula is C13H17NO2. The van der Waals surface area contributed by atoms with Gasteiger partial charge in [0, 0.05) is 24.8 Å². The molecule has 86 valence electrons. The Bertz CT molecular complexity index is 413. The van der Waals surface area contributed by atoms with Crippen LogP contribution in [0, 0.1) is 6.92 Å². The lowest BCUT2D eigenvalue weighted by molar-refractivity contribution is 0.174. The van der Waals surface area contributed by atoms with E-state index in [1.165, 1.54) is 30.5 Å². The number of anilines is 1. The highest BCUT2D eigenvalue weighted by Gasteiger charge is 2.25. The van der Waals surface area contributed by atoms with Gasteiger partial charge in [-0.05, 0) is 37.8 Å². The Balaban J connectivity index is 1.94. The molecule has 0 amide bonds. The molecule has 1 aliphatic heterocycles. The van der Waals surface area contributed by atoms with E-state index in [1.807, 2.05) is 0 Å². The fourth-order valence-electron chi connectivity index (χ4n) is 2.38. The Kier molecular flexibility index (Phi) is 2.20. The van der Waals surface area contributed by atoms with E-state index in [-0.39, 0.29) is 0 Å². The first-order valence-electron chi connectivity index (χ1n) is 5.89. The molecule has 0 spiro atoms. The fraction of sp³-hybridized carbons (Fsp3) is 0.538. The maximum atomic E-state index is 5.43. The minimum Gasteiger partial charge on any atom is -0.454 e. The molecule has 1 aliphatic carbocycles. The van der Waals surface area contributed by atoms with Gasteiger partial charge in [-0.2, -0.15) is 0 Å². The maximum Gasteiger partial charge on any atom is 0.231 e. The van der Waals surface area contributed by atoms with Crippen molar-refractivity contribution in [2.75, 3.05) is 18.7 Å². The van der Waals surface area contributed by atoms with Crippen LogP contribution in [0.15, 0.2) is 12.1 Å². The van der Waals surface area contributed by atoms with Crippen LogP contribution >= 0.6 is 0 Å². The number of fused-ring (bicyclic) bond motifs is 1. The summed E-state index contributed by atoms with van der Waals surface area (Å²) < 4.78 is 10.8. The second-order valence-corrected chi connectivity index (χ2v) is 4.69. The van der Waals surface area contributed by atoms with Crippen molar-refractivity contribution in [2.45, 2.75) is 32.2 Å². The highest BCUT2D eigenvalue weighted by atomic mass is 16.7. The van der Waals surface area contributed by atoms with Crippen molar-refractivity contribution in [3.05, 3.63) is 17.7 Å². The summed E-state index contributed by atoms with van der Waals surface area (Å²) in [6.45, 7) is 2.48. The van der Waals surface area contributed by atoms with E-state index in [0.717, 1.165) is 11.5 Å².